The lowest BCUT2D eigenvalue weighted by molar-refractivity contribution is 0.443. The molecule has 0 atom stereocenters. The van der Waals surface area contributed by atoms with E-state index in [-0.39, 0.29) is 0 Å². The molecule has 0 saturated carbocycles. The Bertz CT molecular complexity index is 585. The second-order valence-corrected chi connectivity index (χ2v) is 9.30. The third-order valence-electron chi connectivity index (χ3n) is 3.30. The molecule has 1 N–H and O–H groups in total. The van der Waals surface area contributed by atoms with Crippen LogP contribution >= 0.6 is 27.7 Å². The van der Waals surface area contributed by atoms with Crippen molar-refractivity contribution in [1.82, 2.24) is 9.62 Å². The Hall–Kier alpha value is -0.0800. The van der Waals surface area contributed by atoms with Gasteiger partial charge in [-0.05, 0) is 33.6 Å². The molecular formula is C14H21BrN2O2S2. The fourth-order valence-electron chi connectivity index (χ4n) is 2.11. The summed E-state index contributed by atoms with van der Waals surface area (Å²) in [5.74, 6) is 1.74. The summed E-state index contributed by atoms with van der Waals surface area (Å²) < 4.78 is 27.5. The van der Waals surface area contributed by atoms with Crippen LogP contribution in [0.3, 0.4) is 0 Å². The number of halogens is 1. The topological polar surface area (TPSA) is 49.4 Å². The summed E-state index contributed by atoms with van der Waals surface area (Å²) in [7, 11) is -3.39. The van der Waals surface area contributed by atoms with Gasteiger partial charge in [0.25, 0.3) is 0 Å². The lowest BCUT2D eigenvalue weighted by atomic mass is 10.2. The van der Waals surface area contributed by atoms with Crippen LogP contribution in [0.25, 0.3) is 0 Å². The van der Waals surface area contributed by atoms with Crippen molar-refractivity contribution >= 4 is 37.7 Å². The highest BCUT2D eigenvalue weighted by Gasteiger charge is 2.27. The van der Waals surface area contributed by atoms with E-state index in [1.165, 1.54) is 0 Å². The van der Waals surface area contributed by atoms with E-state index in [4.69, 9.17) is 0 Å². The minimum atomic E-state index is -3.39. The number of hydrogen-bond acceptors (Lipinski definition) is 4. The number of thioether (sulfide) groups is 1. The average molecular weight is 393 g/mol. The minimum Gasteiger partial charge on any atom is -0.310 e. The molecule has 21 heavy (non-hydrogen) atoms. The molecule has 0 bridgehead atoms. The van der Waals surface area contributed by atoms with Gasteiger partial charge >= 0.3 is 0 Å². The number of sulfonamides is 1. The third kappa shape index (κ3) is 4.45. The molecule has 0 aliphatic carbocycles. The number of hydrogen-bond donors (Lipinski definition) is 1. The largest absolute Gasteiger partial charge is 0.310 e. The molecule has 1 heterocycles. The molecular weight excluding hydrogens is 372 g/mol. The molecule has 118 valence electrons. The van der Waals surface area contributed by atoms with E-state index in [2.05, 4.69) is 35.1 Å². The molecule has 4 nitrogen and oxygen atoms in total. The monoisotopic (exact) mass is 392 g/mol. The quantitative estimate of drug-likeness (QED) is 0.836. The number of benzene rings is 1. The second-order valence-electron chi connectivity index (χ2n) is 5.32. The van der Waals surface area contributed by atoms with Crippen molar-refractivity contribution in [1.29, 1.82) is 0 Å². The molecule has 0 radical (unpaired) electrons. The van der Waals surface area contributed by atoms with Crippen LogP contribution in [-0.4, -0.2) is 43.4 Å². The third-order valence-corrected chi connectivity index (χ3v) is 7.12. The molecule has 2 rings (SSSR count). The van der Waals surface area contributed by atoms with Crippen molar-refractivity contribution in [3.05, 3.63) is 28.2 Å². The molecule has 1 saturated heterocycles. The van der Waals surface area contributed by atoms with Crippen molar-refractivity contribution in [3.8, 4) is 0 Å². The second kappa shape index (κ2) is 7.46. The number of rotatable bonds is 5. The molecule has 1 aromatic rings. The van der Waals surface area contributed by atoms with Gasteiger partial charge in [-0.25, -0.2) is 8.42 Å². The first-order chi connectivity index (χ1) is 9.91. The van der Waals surface area contributed by atoms with E-state index in [1.54, 1.807) is 22.1 Å². The zero-order chi connectivity index (χ0) is 15.5. The molecule has 0 aromatic heterocycles. The number of nitrogens with zero attached hydrogens (tertiary/aromatic N) is 1. The van der Waals surface area contributed by atoms with Crippen molar-refractivity contribution in [3.63, 3.8) is 0 Å². The molecule has 7 heteroatoms. The molecule has 1 aromatic carbocycles. The number of nitrogens with one attached hydrogen (secondary N) is 1. The highest BCUT2D eigenvalue weighted by Crippen LogP contribution is 2.27. The van der Waals surface area contributed by atoms with E-state index >= 15 is 0 Å². The van der Waals surface area contributed by atoms with Crippen molar-refractivity contribution in [2.24, 2.45) is 0 Å². The Morgan fingerprint density at radius 2 is 2.00 bits per heavy atom. The molecule has 0 unspecified atom stereocenters. The predicted octanol–water partition coefficient (Wildman–Crippen LogP) is 2.68. The summed E-state index contributed by atoms with van der Waals surface area (Å²) in [4.78, 5) is 0.364. The van der Waals surface area contributed by atoms with Gasteiger partial charge in [-0.2, -0.15) is 16.1 Å². The molecule has 1 aliphatic heterocycles. The first kappa shape index (κ1) is 17.3. The van der Waals surface area contributed by atoms with Gasteiger partial charge in [-0.1, -0.05) is 19.9 Å². The SMILES string of the molecule is CC(C)NCc1ccc(S(=O)(=O)N2CCSCC2)c(Br)c1. The van der Waals surface area contributed by atoms with Crippen LogP contribution in [0.4, 0.5) is 0 Å². The molecule has 1 fully saturated rings. The van der Waals surface area contributed by atoms with Crippen molar-refractivity contribution in [2.75, 3.05) is 24.6 Å². The first-order valence-electron chi connectivity index (χ1n) is 7.01. The zero-order valence-electron chi connectivity index (χ0n) is 12.3. The summed E-state index contributed by atoms with van der Waals surface area (Å²) >= 11 is 5.22. The first-order valence-corrected chi connectivity index (χ1v) is 10.4. The average Bonchev–Trinajstić information content (AvgIpc) is 2.46. The highest BCUT2D eigenvalue weighted by molar-refractivity contribution is 9.10. The molecule has 0 spiro atoms. The maximum absolute atomic E-state index is 12.7. The van der Waals surface area contributed by atoms with Gasteiger partial charge in [0.15, 0.2) is 0 Å². The molecule has 0 amide bonds. The summed E-state index contributed by atoms with van der Waals surface area (Å²) in [6, 6.07) is 5.88. The standard InChI is InChI=1S/C14H21BrN2O2S2/c1-11(2)16-10-12-3-4-14(13(15)9-12)21(18,19)17-5-7-20-8-6-17/h3-4,9,11,16H,5-8,10H2,1-2H3. The Morgan fingerprint density at radius 1 is 1.33 bits per heavy atom. The van der Waals surface area contributed by atoms with Gasteiger partial charge in [0, 0.05) is 41.7 Å². The summed E-state index contributed by atoms with van der Waals surface area (Å²) in [5, 5.41) is 3.33. The smallest absolute Gasteiger partial charge is 0.244 e. The van der Waals surface area contributed by atoms with Crippen LogP contribution in [0.5, 0.6) is 0 Å². The highest BCUT2D eigenvalue weighted by atomic mass is 79.9. The lowest BCUT2D eigenvalue weighted by Gasteiger charge is -2.26. The van der Waals surface area contributed by atoms with Gasteiger partial charge in [-0.3, -0.25) is 0 Å². The fourth-order valence-corrected chi connectivity index (χ4v) is 5.77. The van der Waals surface area contributed by atoms with E-state index in [9.17, 15) is 8.42 Å². The normalized spacial score (nSPS) is 17.3. The molecule has 1 aliphatic rings. The van der Waals surface area contributed by atoms with Gasteiger partial charge < -0.3 is 5.32 Å². The Labute approximate surface area is 139 Å². The maximum Gasteiger partial charge on any atom is 0.244 e. The minimum absolute atomic E-state index is 0.364. The van der Waals surface area contributed by atoms with Gasteiger partial charge in [0.2, 0.25) is 10.0 Å². The van der Waals surface area contributed by atoms with Crippen molar-refractivity contribution < 1.29 is 8.42 Å². The van der Waals surface area contributed by atoms with Gasteiger partial charge in [0.1, 0.15) is 0 Å². The van der Waals surface area contributed by atoms with Crippen LogP contribution in [0.1, 0.15) is 19.4 Å². The van der Waals surface area contributed by atoms with Crippen LogP contribution in [0.15, 0.2) is 27.6 Å². The lowest BCUT2D eigenvalue weighted by Crippen LogP contribution is -2.38. The van der Waals surface area contributed by atoms with Crippen LogP contribution in [0.2, 0.25) is 0 Å². The summed E-state index contributed by atoms with van der Waals surface area (Å²) in [6.07, 6.45) is 0. The van der Waals surface area contributed by atoms with Crippen molar-refractivity contribution in [2.45, 2.75) is 31.3 Å². The summed E-state index contributed by atoms with van der Waals surface area (Å²) in [6.45, 7) is 6.09. The maximum atomic E-state index is 12.7. The van der Waals surface area contributed by atoms with Gasteiger partial charge in [-0.15, -0.1) is 0 Å². The van der Waals surface area contributed by atoms with Crippen LogP contribution in [0, 0.1) is 0 Å². The fraction of sp³-hybridized carbons (Fsp3) is 0.571. The van der Waals surface area contributed by atoms with Gasteiger partial charge in [0.05, 0.1) is 4.90 Å². The summed E-state index contributed by atoms with van der Waals surface area (Å²) in [5.41, 5.74) is 1.07. The Balaban J connectivity index is 2.19. The van der Waals surface area contributed by atoms with E-state index in [1.807, 2.05) is 12.1 Å². The van der Waals surface area contributed by atoms with E-state index in [0.29, 0.717) is 28.5 Å². The van der Waals surface area contributed by atoms with E-state index < -0.39 is 10.0 Å². The predicted molar refractivity (Wildman–Crippen MR) is 92.2 cm³/mol. The van der Waals surface area contributed by atoms with E-state index in [0.717, 1.165) is 23.6 Å². The Morgan fingerprint density at radius 3 is 2.57 bits per heavy atom. The van der Waals surface area contributed by atoms with Crippen LogP contribution < -0.4 is 5.32 Å². The zero-order valence-corrected chi connectivity index (χ0v) is 15.5. The van der Waals surface area contributed by atoms with Crippen LogP contribution in [-0.2, 0) is 16.6 Å². The Kier molecular flexibility index (Phi) is 6.14.